The summed E-state index contributed by atoms with van der Waals surface area (Å²) in [5.41, 5.74) is 1.14. The van der Waals surface area contributed by atoms with E-state index in [0.717, 1.165) is 49.1 Å². The molecule has 1 aliphatic carbocycles. The number of nitro benzene ring substituents is 1. The number of esters is 2. The van der Waals surface area contributed by atoms with Gasteiger partial charge in [-0.05, 0) is 78.4 Å². The molecule has 0 bridgehead atoms. The third-order valence-corrected chi connectivity index (χ3v) is 8.40. The SMILES string of the molecule is CNC(=O)c1c(-c2ccc(F)cc2)oc2cc(CN(c3ccc([N+](=O)[O-])c(C(C(=O)OC)C(=O)OC)c3)S(=O)[O-])c(C3CC3)cc12. The zero-order valence-corrected chi connectivity index (χ0v) is 25.6. The first kappa shape index (κ1) is 32.2. The van der Waals surface area contributed by atoms with Crippen LogP contribution >= 0.6 is 0 Å². The van der Waals surface area contributed by atoms with E-state index in [1.54, 1.807) is 12.1 Å². The summed E-state index contributed by atoms with van der Waals surface area (Å²) in [4.78, 5) is 49.1. The number of furan rings is 1. The smallest absolute Gasteiger partial charge is 0.324 e. The fraction of sp³-hybridized carbons (Fsp3) is 0.258. The van der Waals surface area contributed by atoms with Crippen LogP contribution in [-0.2, 0) is 36.9 Å². The second kappa shape index (κ2) is 13.1. The lowest BCUT2D eigenvalue weighted by molar-refractivity contribution is -0.385. The summed E-state index contributed by atoms with van der Waals surface area (Å²) in [5.74, 6) is -4.75. The standard InChI is InChI=1S/C31H28FN3O10S/c1-33-29(36)26-23-14-21(16-4-5-16)18(12-25(23)45-28(26)17-6-8-19(32)9-7-17)15-34(46(41)42)20-10-11-24(35(39)40)22(13-20)27(30(37)43-2)31(38)44-3/h6-14,16,27H,4-5,15H2,1-3H3,(H,33,36)(H,41,42)/p-1. The number of rotatable bonds is 11. The van der Waals surface area contributed by atoms with Crippen molar-refractivity contribution in [2.24, 2.45) is 0 Å². The van der Waals surface area contributed by atoms with E-state index in [1.807, 2.05) is 0 Å². The Morgan fingerprint density at radius 1 is 1.09 bits per heavy atom. The van der Waals surface area contributed by atoms with Gasteiger partial charge in [0.05, 0.1) is 36.8 Å². The van der Waals surface area contributed by atoms with E-state index in [-0.39, 0.29) is 35.1 Å². The highest BCUT2D eigenvalue weighted by molar-refractivity contribution is 7.80. The van der Waals surface area contributed by atoms with Gasteiger partial charge in [-0.1, -0.05) is 0 Å². The van der Waals surface area contributed by atoms with E-state index in [9.17, 15) is 37.6 Å². The van der Waals surface area contributed by atoms with Crippen molar-refractivity contribution in [1.29, 1.82) is 0 Å². The molecule has 1 N–H and O–H groups in total. The molecule has 46 heavy (non-hydrogen) atoms. The predicted octanol–water partition coefficient (Wildman–Crippen LogP) is 4.61. The number of halogens is 1. The third-order valence-electron chi connectivity index (χ3n) is 7.70. The number of fused-ring (bicyclic) bond motifs is 1. The number of hydrogen-bond acceptors (Lipinski definition) is 10. The van der Waals surface area contributed by atoms with Gasteiger partial charge in [-0.25, -0.2) is 4.39 Å². The molecular formula is C31H27FN3O10S-. The summed E-state index contributed by atoms with van der Waals surface area (Å²) in [6, 6.07) is 12.1. The van der Waals surface area contributed by atoms with Crippen LogP contribution in [0.5, 0.6) is 0 Å². The second-order valence-electron chi connectivity index (χ2n) is 10.4. The Balaban J connectivity index is 1.65. The molecule has 1 unspecified atom stereocenters. The minimum atomic E-state index is -2.94. The van der Waals surface area contributed by atoms with Crippen molar-refractivity contribution in [3.63, 3.8) is 0 Å². The molecule has 1 heterocycles. The molecule has 0 radical (unpaired) electrons. The van der Waals surface area contributed by atoms with Crippen molar-refractivity contribution in [2.75, 3.05) is 25.6 Å². The van der Waals surface area contributed by atoms with Gasteiger partial charge in [0.2, 0.25) is 0 Å². The molecule has 0 saturated heterocycles. The largest absolute Gasteiger partial charge is 0.755 e. The topological polar surface area (TPSA) is 181 Å². The van der Waals surface area contributed by atoms with Crippen LogP contribution in [0.15, 0.2) is 59.0 Å². The molecule has 1 saturated carbocycles. The van der Waals surface area contributed by atoms with Gasteiger partial charge in [-0.2, -0.15) is 0 Å². The van der Waals surface area contributed by atoms with Gasteiger partial charge >= 0.3 is 11.9 Å². The Morgan fingerprint density at radius 3 is 2.28 bits per heavy atom. The van der Waals surface area contributed by atoms with Crippen LogP contribution in [0.2, 0.25) is 0 Å². The summed E-state index contributed by atoms with van der Waals surface area (Å²) >= 11 is -2.94. The van der Waals surface area contributed by atoms with E-state index >= 15 is 0 Å². The fourth-order valence-corrected chi connectivity index (χ4v) is 5.86. The summed E-state index contributed by atoms with van der Waals surface area (Å²) in [6.45, 7) is -0.266. The number of carbonyl (C=O) groups excluding carboxylic acids is 3. The van der Waals surface area contributed by atoms with Crippen molar-refractivity contribution in [3.05, 3.63) is 92.8 Å². The molecule has 0 aliphatic heterocycles. The lowest BCUT2D eigenvalue weighted by Crippen LogP contribution is -2.28. The first-order valence-corrected chi connectivity index (χ1v) is 14.9. The number of methoxy groups -OCH3 is 2. The number of nitrogens with one attached hydrogen (secondary N) is 1. The van der Waals surface area contributed by atoms with Crippen molar-refractivity contribution in [3.8, 4) is 11.3 Å². The van der Waals surface area contributed by atoms with Crippen LogP contribution in [0, 0.1) is 15.9 Å². The Morgan fingerprint density at radius 2 is 1.74 bits per heavy atom. The van der Waals surface area contributed by atoms with Crippen LogP contribution in [0.4, 0.5) is 15.8 Å². The number of hydrogen-bond donors (Lipinski definition) is 1. The fourth-order valence-electron chi connectivity index (χ4n) is 5.33. The molecule has 15 heteroatoms. The van der Waals surface area contributed by atoms with Crippen LogP contribution in [0.25, 0.3) is 22.3 Å². The molecule has 5 rings (SSSR count). The molecule has 240 valence electrons. The summed E-state index contributed by atoms with van der Waals surface area (Å²) < 4.78 is 55.3. The van der Waals surface area contributed by atoms with E-state index in [2.05, 4.69) is 14.8 Å². The molecule has 1 fully saturated rings. The maximum atomic E-state index is 13.7. The minimum absolute atomic E-state index is 0.0681. The number of amides is 1. The Hall–Kier alpha value is -5.15. The Kier molecular flexibility index (Phi) is 9.16. The first-order valence-electron chi connectivity index (χ1n) is 13.9. The van der Waals surface area contributed by atoms with Crippen molar-refractivity contribution in [1.82, 2.24) is 5.32 Å². The van der Waals surface area contributed by atoms with Gasteiger partial charge in [0.1, 0.15) is 17.2 Å². The predicted molar refractivity (Wildman–Crippen MR) is 162 cm³/mol. The van der Waals surface area contributed by atoms with Gasteiger partial charge in [-0.3, -0.25) is 33.0 Å². The molecule has 1 atom stereocenters. The first-order chi connectivity index (χ1) is 22.0. The van der Waals surface area contributed by atoms with E-state index in [0.29, 0.717) is 16.5 Å². The number of anilines is 1. The van der Waals surface area contributed by atoms with Gasteiger partial charge in [0, 0.05) is 41.0 Å². The van der Waals surface area contributed by atoms with Crippen molar-refractivity contribution < 1.29 is 46.3 Å². The van der Waals surface area contributed by atoms with Gasteiger partial charge < -0.3 is 23.8 Å². The molecule has 1 aromatic heterocycles. The van der Waals surface area contributed by atoms with Crippen LogP contribution in [-0.4, -0.2) is 52.8 Å². The minimum Gasteiger partial charge on any atom is -0.755 e. The van der Waals surface area contributed by atoms with E-state index in [1.165, 1.54) is 37.4 Å². The number of ether oxygens (including phenoxy) is 2. The zero-order valence-electron chi connectivity index (χ0n) is 24.7. The summed E-state index contributed by atoms with van der Waals surface area (Å²) in [5, 5.41) is 14.9. The average molecular weight is 653 g/mol. The highest BCUT2D eigenvalue weighted by Crippen LogP contribution is 2.45. The molecule has 4 aromatic rings. The van der Waals surface area contributed by atoms with Crippen molar-refractivity contribution >= 4 is 51.5 Å². The lowest BCUT2D eigenvalue weighted by atomic mass is 9.96. The molecule has 1 amide bonds. The number of benzene rings is 3. The third kappa shape index (κ3) is 6.19. The van der Waals surface area contributed by atoms with Crippen LogP contribution < -0.4 is 9.62 Å². The molecule has 0 spiro atoms. The molecule has 3 aromatic carbocycles. The lowest BCUT2D eigenvalue weighted by Gasteiger charge is -2.28. The number of nitro groups is 1. The van der Waals surface area contributed by atoms with Crippen molar-refractivity contribution in [2.45, 2.75) is 31.2 Å². The quantitative estimate of drug-likeness (QED) is 0.0790. The normalized spacial score (nSPS) is 13.3. The van der Waals surface area contributed by atoms with Gasteiger partial charge in [0.25, 0.3) is 11.6 Å². The molecular weight excluding hydrogens is 625 g/mol. The Bertz CT molecular complexity index is 1870. The monoisotopic (exact) mass is 652 g/mol. The highest BCUT2D eigenvalue weighted by Gasteiger charge is 2.37. The maximum Gasteiger partial charge on any atom is 0.324 e. The zero-order chi connectivity index (χ0) is 33.3. The summed E-state index contributed by atoms with van der Waals surface area (Å²) in [6.07, 6.45) is 1.64. The van der Waals surface area contributed by atoms with Crippen LogP contribution in [0.1, 0.15) is 51.7 Å². The highest BCUT2D eigenvalue weighted by atomic mass is 32.2. The van der Waals surface area contributed by atoms with E-state index in [4.69, 9.17) is 4.42 Å². The van der Waals surface area contributed by atoms with Gasteiger partial charge in [0.15, 0.2) is 5.92 Å². The Labute approximate surface area is 263 Å². The number of carbonyl (C=O) groups is 3. The number of nitrogens with zero attached hydrogens (tertiary/aromatic N) is 2. The van der Waals surface area contributed by atoms with Crippen LogP contribution in [0.3, 0.4) is 0 Å². The van der Waals surface area contributed by atoms with E-state index < -0.39 is 57.0 Å². The maximum absolute atomic E-state index is 13.7. The average Bonchev–Trinajstić information content (AvgIpc) is 3.83. The second-order valence-corrected chi connectivity index (χ2v) is 11.3. The molecule has 13 nitrogen and oxygen atoms in total. The molecule has 1 aliphatic rings. The summed E-state index contributed by atoms with van der Waals surface area (Å²) in [7, 11) is 3.46. The van der Waals surface area contributed by atoms with Gasteiger partial charge in [-0.15, -0.1) is 0 Å².